The van der Waals surface area contributed by atoms with Crippen LogP contribution < -0.4 is 0 Å². The van der Waals surface area contributed by atoms with E-state index in [2.05, 4.69) is 22.4 Å². The number of aliphatic imine (C=N–C) groups is 1. The van der Waals surface area contributed by atoms with E-state index in [1.165, 1.54) is 25.7 Å². The fraction of sp³-hybridized carbons (Fsp3) is 0.875. The topological polar surface area (TPSA) is 12.4 Å². The number of hydrogen-bond acceptors (Lipinski definition) is 2. The lowest BCUT2D eigenvalue weighted by molar-refractivity contribution is 0.716. The number of thiocarbonyl (C=S) groups is 1. The largest absolute Gasteiger partial charge is 0.228 e. The van der Waals surface area contributed by atoms with Gasteiger partial charge in [0.2, 0.25) is 0 Å². The van der Waals surface area contributed by atoms with Crippen molar-refractivity contribution in [1.82, 2.24) is 0 Å². The lowest BCUT2D eigenvalue weighted by Crippen LogP contribution is -1.79. The van der Waals surface area contributed by atoms with Crippen LogP contribution in [0, 0.1) is 10.8 Å². The minimum absolute atomic E-state index is 0.609. The van der Waals surface area contributed by atoms with Crippen LogP contribution in [0.2, 0.25) is 0 Å². The van der Waals surface area contributed by atoms with Crippen molar-refractivity contribution in [3.63, 3.8) is 0 Å². The molecular weight excluding hydrogens is 142 g/mol. The third kappa shape index (κ3) is 0.357. The van der Waals surface area contributed by atoms with Crippen LogP contribution in [-0.2, 0) is 0 Å². The van der Waals surface area contributed by atoms with E-state index in [0.717, 1.165) is 0 Å². The van der Waals surface area contributed by atoms with Crippen molar-refractivity contribution in [2.24, 2.45) is 15.8 Å². The highest BCUT2D eigenvalue weighted by atomic mass is 32.1. The summed E-state index contributed by atoms with van der Waals surface area (Å²) in [4.78, 5) is 4.23. The van der Waals surface area contributed by atoms with E-state index >= 15 is 0 Å². The Bertz CT molecular complexity index is 226. The van der Waals surface area contributed by atoms with Gasteiger partial charge >= 0.3 is 0 Å². The Morgan fingerprint density at radius 3 is 2.00 bits per heavy atom. The van der Waals surface area contributed by atoms with Crippen molar-refractivity contribution >= 4 is 17.4 Å². The molecule has 0 N–H and O–H groups in total. The molecule has 0 saturated heterocycles. The summed E-state index contributed by atoms with van der Waals surface area (Å²) in [5.41, 5.74) is 1.36. The summed E-state index contributed by atoms with van der Waals surface area (Å²) in [5.74, 6) is 0. The van der Waals surface area contributed by atoms with Gasteiger partial charge in [0.05, 0.1) is 11.2 Å². The molecule has 0 aromatic carbocycles. The molecule has 3 fully saturated rings. The summed E-state index contributed by atoms with van der Waals surface area (Å²) in [7, 11) is 0. The molecule has 3 aliphatic rings. The first-order chi connectivity index (χ1) is 4.86. The van der Waals surface area contributed by atoms with Gasteiger partial charge < -0.3 is 0 Å². The summed E-state index contributed by atoms with van der Waals surface area (Å²) < 4.78 is 0. The molecule has 0 aliphatic heterocycles. The monoisotopic (exact) mass is 151 g/mol. The Labute approximate surface area is 65.5 Å². The zero-order valence-electron chi connectivity index (χ0n) is 5.76. The van der Waals surface area contributed by atoms with Crippen molar-refractivity contribution in [3.8, 4) is 0 Å². The van der Waals surface area contributed by atoms with E-state index in [4.69, 9.17) is 0 Å². The highest BCUT2D eigenvalue weighted by Crippen LogP contribution is 2.89. The second kappa shape index (κ2) is 1.24. The highest BCUT2D eigenvalue weighted by molar-refractivity contribution is 7.78. The van der Waals surface area contributed by atoms with Crippen LogP contribution in [0.15, 0.2) is 4.99 Å². The summed E-state index contributed by atoms with van der Waals surface area (Å²) in [6.45, 7) is 0. The number of fused-ring (bicyclic) bond motifs is 1. The average molecular weight is 151 g/mol. The van der Waals surface area contributed by atoms with Crippen LogP contribution in [0.1, 0.15) is 25.7 Å². The van der Waals surface area contributed by atoms with Gasteiger partial charge in [0.15, 0.2) is 0 Å². The van der Waals surface area contributed by atoms with E-state index < -0.39 is 0 Å². The Kier molecular flexibility index (Phi) is 0.674. The second-order valence-electron chi connectivity index (χ2n) is 3.94. The molecule has 2 spiro atoms. The van der Waals surface area contributed by atoms with Crippen LogP contribution in [0.3, 0.4) is 0 Å². The quantitative estimate of drug-likeness (QED) is 0.412. The van der Waals surface area contributed by atoms with Crippen molar-refractivity contribution in [2.45, 2.75) is 31.7 Å². The van der Waals surface area contributed by atoms with Gasteiger partial charge in [-0.3, -0.25) is 0 Å². The molecule has 0 atom stereocenters. The van der Waals surface area contributed by atoms with E-state index in [-0.39, 0.29) is 0 Å². The zero-order chi connectivity index (χ0) is 6.82. The van der Waals surface area contributed by atoms with Gasteiger partial charge in [-0.05, 0) is 37.9 Å². The molecule has 52 valence electrons. The Balaban J connectivity index is 1.96. The van der Waals surface area contributed by atoms with Crippen LogP contribution in [0.5, 0.6) is 0 Å². The Hall–Kier alpha value is -0.200. The van der Waals surface area contributed by atoms with E-state index in [1.807, 2.05) is 0 Å². The lowest BCUT2D eigenvalue weighted by Gasteiger charge is -1.75. The predicted molar refractivity (Wildman–Crippen MR) is 42.1 cm³/mol. The van der Waals surface area contributed by atoms with Crippen molar-refractivity contribution in [2.75, 3.05) is 0 Å². The molecule has 3 saturated carbocycles. The molecule has 0 heterocycles. The third-order valence-electron chi connectivity index (χ3n) is 3.71. The smallest absolute Gasteiger partial charge is 0.0727 e. The summed E-state index contributed by atoms with van der Waals surface area (Å²) in [6, 6.07) is 0.609. The van der Waals surface area contributed by atoms with Crippen LogP contribution in [0.4, 0.5) is 0 Å². The third-order valence-corrected chi connectivity index (χ3v) is 3.82. The van der Waals surface area contributed by atoms with Gasteiger partial charge in [-0.15, -0.1) is 0 Å². The van der Waals surface area contributed by atoms with Gasteiger partial charge in [0, 0.05) is 10.8 Å². The minimum Gasteiger partial charge on any atom is -0.228 e. The van der Waals surface area contributed by atoms with Gasteiger partial charge in [-0.25, -0.2) is 4.99 Å². The van der Waals surface area contributed by atoms with E-state index in [1.54, 1.807) is 0 Å². The number of hydrogen-bond donors (Lipinski definition) is 0. The van der Waals surface area contributed by atoms with Crippen molar-refractivity contribution in [1.29, 1.82) is 0 Å². The van der Waals surface area contributed by atoms with Crippen molar-refractivity contribution < 1.29 is 0 Å². The molecular formula is C8H9NS. The average Bonchev–Trinajstić information content (AvgIpc) is 2.78. The van der Waals surface area contributed by atoms with Crippen LogP contribution in [0.25, 0.3) is 0 Å². The lowest BCUT2D eigenvalue weighted by atomic mass is 10.3. The summed E-state index contributed by atoms with van der Waals surface area (Å²) in [5, 5.41) is 2.53. The van der Waals surface area contributed by atoms with Gasteiger partial charge in [-0.2, -0.15) is 0 Å². The maximum Gasteiger partial charge on any atom is 0.0727 e. The number of isothiocyanates is 1. The first-order valence-electron chi connectivity index (χ1n) is 3.93. The molecule has 0 bridgehead atoms. The molecule has 0 aromatic rings. The molecule has 0 radical (unpaired) electrons. The predicted octanol–water partition coefficient (Wildman–Crippen LogP) is 2.03. The molecule has 2 heteroatoms. The Morgan fingerprint density at radius 2 is 1.70 bits per heavy atom. The first kappa shape index (κ1) is 5.45. The van der Waals surface area contributed by atoms with Crippen LogP contribution in [-0.4, -0.2) is 11.2 Å². The standard InChI is InChI=1S/C8H9NS/c10-5-9-6-7(1-2-7)8(6)3-4-8/h6H,1-4H2. The molecule has 0 amide bonds. The molecule has 1 nitrogen and oxygen atoms in total. The number of rotatable bonds is 1. The fourth-order valence-corrected chi connectivity index (χ4v) is 2.93. The van der Waals surface area contributed by atoms with Gasteiger partial charge in [-0.1, -0.05) is 0 Å². The van der Waals surface area contributed by atoms with Gasteiger partial charge in [0.25, 0.3) is 0 Å². The molecule has 0 unspecified atom stereocenters. The molecule has 3 aliphatic carbocycles. The summed E-state index contributed by atoms with van der Waals surface area (Å²) >= 11 is 4.61. The van der Waals surface area contributed by atoms with Gasteiger partial charge in [0.1, 0.15) is 0 Å². The van der Waals surface area contributed by atoms with Crippen molar-refractivity contribution in [3.05, 3.63) is 0 Å². The maximum atomic E-state index is 4.61. The fourth-order valence-electron chi connectivity index (χ4n) is 2.82. The number of nitrogens with zero attached hydrogens (tertiary/aromatic N) is 1. The second-order valence-corrected chi connectivity index (χ2v) is 4.12. The molecule has 10 heavy (non-hydrogen) atoms. The summed E-state index contributed by atoms with van der Waals surface area (Å²) in [6.07, 6.45) is 5.66. The Morgan fingerprint density at radius 1 is 1.20 bits per heavy atom. The molecule has 3 rings (SSSR count). The van der Waals surface area contributed by atoms with Crippen LogP contribution >= 0.6 is 12.2 Å². The zero-order valence-corrected chi connectivity index (χ0v) is 6.58. The normalized spacial score (nSPS) is 41.0. The SMILES string of the molecule is S=C=NC1C2(CC2)C12CC2. The maximum absolute atomic E-state index is 4.61. The van der Waals surface area contributed by atoms with E-state index in [0.29, 0.717) is 16.9 Å². The highest BCUT2D eigenvalue weighted by Gasteiger charge is 2.87. The first-order valence-corrected chi connectivity index (χ1v) is 4.34. The molecule has 0 aromatic heterocycles. The van der Waals surface area contributed by atoms with E-state index in [9.17, 15) is 0 Å². The minimum atomic E-state index is 0.609.